The van der Waals surface area contributed by atoms with Crippen molar-refractivity contribution >= 4 is 57.8 Å². The summed E-state index contributed by atoms with van der Waals surface area (Å²) < 4.78 is 0. The molecule has 0 bridgehead atoms. The number of hydrogen-bond acceptors (Lipinski definition) is 11. The average molecular weight is 605 g/mol. The minimum Gasteiger partial charge on any atom is -0.354 e. The molecule has 12 nitrogen and oxygen atoms in total. The number of piperidine rings is 1. The first-order valence-electron chi connectivity index (χ1n) is 14.6. The van der Waals surface area contributed by atoms with Crippen LogP contribution in [0.5, 0.6) is 0 Å². The number of unbranched alkanes of at least 4 members (excludes halogenated alkanes) is 2. The summed E-state index contributed by atoms with van der Waals surface area (Å²) in [5.41, 5.74) is 1.55. The minimum atomic E-state index is -0.328. The number of benzene rings is 1. The number of nitrogens with one attached hydrogen (secondary N) is 3. The number of anilines is 4. The number of hydrogen-bond donors (Lipinski definition) is 3. The Balaban J connectivity index is 0.980. The molecule has 2 aromatic heterocycles. The maximum absolute atomic E-state index is 12.4. The summed E-state index contributed by atoms with van der Waals surface area (Å²) in [6.07, 6.45) is 6.46. The minimum absolute atomic E-state index is 0.0181. The second-order valence-electron chi connectivity index (χ2n) is 10.8. The molecule has 3 amide bonds. The fourth-order valence-corrected chi connectivity index (χ4v) is 5.96. The van der Waals surface area contributed by atoms with Crippen molar-refractivity contribution in [2.24, 2.45) is 0 Å². The Kier molecular flexibility index (Phi) is 10.1. The van der Waals surface area contributed by atoms with Crippen molar-refractivity contribution in [1.29, 1.82) is 0 Å². The molecule has 5 rings (SSSR count). The standard InChI is InChI=1S/C30H36N8O4S/c1-20-32-25(35-30-31-18-23(19-39)43-30)17-26(33-20)38-15-13-37(14-16-38)12-4-2-3-5-27(40)34-22-8-6-21(7-9-22)24-10-11-28(41)36-29(24)42/h6-9,17-19,24H,2-5,10-16H2,1H3,(H,34,40)(H,36,41,42)(H,31,32,33,35). The van der Waals surface area contributed by atoms with E-state index in [1.165, 1.54) is 17.5 Å². The number of carbonyl (C=O) groups excluding carboxylic acids is 4. The molecule has 0 aliphatic carbocycles. The largest absolute Gasteiger partial charge is 0.354 e. The molecule has 1 aromatic carbocycles. The number of nitrogens with zero attached hydrogens (tertiary/aromatic N) is 5. The number of aldehydes is 1. The van der Waals surface area contributed by atoms with E-state index in [0.29, 0.717) is 46.6 Å². The molecule has 43 heavy (non-hydrogen) atoms. The predicted octanol–water partition coefficient (Wildman–Crippen LogP) is 3.64. The lowest BCUT2D eigenvalue weighted by Gasteiger charge is -2.35. The number of piperazine rings is 1. The van der Waals surface area contributed by atoms with Crippen LogP contribution in [0.25, 0.3) is 0 Å². The highest BCUT2D eigenvalue weighted by Gasteiger charge is 2.27. The van der Waals surface area contributed by atoms with Gasteiger partial charge < -0.3 is 15.5 Å². The molecule has 2 saturated heterocycles. The maximum Gasteiger partial charge on any atom is 0.234 e. The van der Waals surface area contributed by atoms with Gasteiger partial charge in [-0.3, -0.25) is 29.4 Å². The van der Waals surface area contributed by atoms with E-state index in [0.717, 1.165) is 69.7 Å². The third kappa shape index (κ3) is 8.42. The summed E-state index contributed by atoms with van der Waals surface area (Å²) in [5, 5.41) is 9.11. The molecule has 0 radical (unpaired) electrons. The van der Waals surface area contributed by atoms with Crippen LogP contribution in [0, 0.1) is 6.92 Å². The van der Waals surface area contributed by atoms with Crippen LogP contribution in [0.1, 0.15) is 65.5 Å². The van der Waals surface area contributed by atoms with Gasteiger partial charge in [0.25, 0.3) is 0 Å². The molecule has 2 aliphatic rings. The van der Waals surface area contributed by atoms with Gasteiger partial charge in [0, 0.05) is 50.8 Å². The molecule has 1 unspecified atom stereocenters. The van der Waals surface area contributed by atoms with Crippen molar-refractivity contribution in [2.75, 3.05) is 48.3 Å². The van der Waals surface area contributed by atoms with Crippen LogP contribution in [-0.2, 0) is 14.4 Å². The van der Waals surface area contributed by atoms with Crippen LogP contribution in [0.15, 0.2) is 36.5 Å². The molecule has 1 atom stereocenters. The predicted molar refractivity (Wildman–Crippen MR) is 165 cm³/mol. The van der Waals surface area contributed by atoms with Gasteiger partial charge in [-0.05, 0) is 50.4 Å². The van der Waals surface area contributed by atoms with E-state index >= 15 is 0 Å². The molecule has 3 aromatic rings. The molecule has 0 saturated carbocycles. The Bertz CT molecular complexity index is 1450. The van der Waals surface area contributed by atoms with E-state index in [4.69, 9.17) is 0 Å². The van der Waals surface area contributed by atoms with Gasteiger partial charge in [-0.25, -0.2) is 15.0 Å². The van der Waals surface area contributed by atoms with Gasteiger partial charge >= 0.3 is 0 Å². The van der Waals surface area contributed by atoms with E-state index in [2.05, 4.69) is 40.7 Å². The van der Waals surface area contributed by atoms with Crippen molar-refractivity contribution in [3.05, 3.63) is 52.8 Å². The van der Waals surface area contributed by atoms with Crippen LogP contribution in [0.3, 0.4) is 0 Å². The smallest absolute Gasteiger partial charge is 0.234 e. The molecule has 13 heteroatoms. The number of thiazole rings is 1. The number of rotatable bonds is 12. The van der Waals surface area contributed by atoms with Crippen LogP contribution < -0.4 is 20.9 Å². The molecule has 0 spiro atoms. The SMILES string of the molecule is Cc1nc(Nc2ncc(C=O)s2)cc(N2CCN(CCCCCC(=O)Nc3ccc(C4CCC(=O)NC4=O)cc3)CC2)n1. The van der Waals surface area contributed by atoms with Crippen molar-refractivity contribution in [3.63, 3.8) is 0 Å². The number of aryl methyl sites for hydroxylation is 1. The molecule has 226 valence electrons. The van der Waals surface area contributed by atoms with Crippen LogP contribution in [0.2, 0.25) is 0 Å². The lowest BCUT2D eigenvalue weighted by atomic mass is 9.90. The Morgan fingerprint density at radius 1 is 1.09 bits per heavy atom. The van der Waals surface area contributed by atoms with E-state index in [1.54, 1.807) is 0 Å². The summed E-state index contributed by atoms with van der Waals surface area (Å²) in [4.78, 5) is 65.4. The maximum atomic E-state index is 12.4. The second kappa shape index (κ2) is 14.3. The monoisotopic (exact) mass is 604 g/mol. The van der Waals surface area contributed by atoms with E-state index < -0.39 is 0 Å². The lowest BCUT2D eigenvalue weighted by molar-refractivity contribution is -0.134. The first-order valence-corrected chi connectivity index (χ1v) is 15.4. The Morgan fingerprint density at radius 3 is 2.60 bits per heavy atom. The third-order valence-corrected chi connectivity index (χ3v) is 8.45. The topological polar surface area (TPSA) is 150 Å². The molecule has 2 fully saturated rings. The third-order valence-electron chi connectivity index (χ3n) is 7.61. The first kappa shape index (κ1) is 30.2. The zero-order valence-electron chi connectivity index (χ0n) is 24.2. The highest BCUT2D eigenvalue weighted by molar-refractivity contribution is 7.17. The van der Waals surface area contributed by atoms with Gasteiger partial charge in [0.15, 0.2) is 11.4 Å². The van der Waals surface area contributed by atoms with Crippen molar-refractivity contribution in [1.82, 2.24) is 25.2 Å². The highest BCUT2D eigenvalue weighted by atomic mass is 32.1. The van der Waals surface area contributed by atoms with Crippen molar-refractivity contribution in [3.8, 4) is 0 Å². The van der Waals surface area contributed by atoms with Crippen molar-refractivity contribution in [2.45, 2.75) is 51.4 Å². The number of carbonyl (C=O) groups is 4. The molecule has 3 N–H and O–H groups in total. The number of imide groups is 1. The Morgan fingerprint density at radius 2 is 1.88 bits per heavy atom. The number of amides is 3. The van der Waals surface area contributed by atoms with Crippen LogP contribution >= 0.6 is 11.3 Å². The van der Waals surface area contributed by atoms with Gasteiger partial charge in [0.2, 0.25) is 17.7 Å². The summed E-state index contributed by atoms with van der Waals surface area (Å²) in [6, 6.07) is 9.21. The fraction of sp³-hybridized carbons (Fsp3) is 0.433. The summed E-state index contributed by atoms with van der Waals surface area (Å²) in [5.74, 6) is 1.36. The zero-order valence-corrected chi connectivity index (χ0v) is 25.0. The van der Waals surface area contributed by atoms with Gasteiger partial charge in [0.1, 0.15) is 17.5 Å². The summed E-state index contributed by atoms with van der Waals surface area (Å²) >= 11 is 1.28. The summed E-state index contributed by atoms with van der Waals surface area (Å²) in [7, 11) is 0. The summed E-state index contributed by atoms with van der Waals surface area (Å²) in [6.45, 7) is 6.48. The molecular weight excluding hydrogens is 568 g/mol. The Labute approximate surface area is 254 Å². The van der Waals surface area contributed by atoms with Gasteiger partial charge in [-0.15, -0.1) is 0 Å². The van der Waals surface area contributed by atoms with E-state index in [1.807, 2.05) is 37.3 Å². The van der Waals surface area contributed by atoms with Gasteiger partial charge in [-0.1, -0.05) is 29.9 Å². The average Bonchev–Trinajstić information content (AvgIpc) is 3.45. The van der Waals surface area contributed by atoms with Gasteiger partial charge in [-0.2, -0.15) is 0 Å². The molecule has 4 heterocycles. The van der Waals surface area contributed by atoms with Gasteiger partial charge in [0.05, 0.1) is 17.0 Å². The number of aromatic nitrogens is 3. The Hall–Kier alpha value is -4.23. The quantitative estimate of drug-likeness (QED) is 0.159. The lowest BCUT2D eigenvalue weighted by Crippen LogP contribution is -2.47. The van der Waals surface area contributed by atoms with Crippen molar-refractivity contribution < 1.29 is 19.2 Å². The zero-order chi connectivity index (χ0) is 30.2. The normalized spacial score (nSPS) is 17.4. The van der Waals surface area contributed by atoms with E-state index in [9.17, 15) is 19.2 Å². The second-order valence-corrected chi connectivity index (χ2v) is 11.8. The molecular formula is C30H36N8O4S. The van der Waals surface area contributed by atoms with Crippen LogP contribution in [0.4, 0.5) is 22.5 Å². The highest BCUT2D eigenvalue weighted by Crippen LogP contribution is 2.26. The molecule has 2 aliphatic heterocycles. The first-order chi connectivity index (χ1) is 20.9. The fourth-order valence-electron chi connectivity index (χ4n) is 5.32. The van der Waals surface area contributed by atoms with E-state index in [-0.39, 0.29) is 23.6 Å². The van der Waals surface area contributed by atoms with Crippen LogP contribution in [-0.4, -0.2) is 76.6 Å².